The summed E-state index contributed by atoms with van der Waals surface area (Å²) in [6, 6.07) is 0. The minimum Gasteiger partial charge on any atom is -0.408 e. The summed E-state index contributed by atoms with van der Waals surface area (Å²) < 4.78 is 6.31. The Bertz CT molecular complexity index is 203. The van der Waals surface area contributed by atoms with Crippen LogP contribution in [0.3, 0.4) is 0 Å². The number of hydrogen-bond donors (Lipinski definition) is 0. The van der Waals surface area contributed by atoms with Crippen LogP contribution in [0.4, 0.5) is 0 Å². The van der Waals surface area contributed by atoms with Gasteiger partial charge in [-0.15, -0.1) is 6.58 Å². The van der Waals surface area contributed by atoms with Crippen molar-refractivity contribution >= 4 is 8.32 Å². The van der Waals surface area contributed by atoms with Gasteiger partial charge in [-0.05, 0) is 31.5 Å². The largest absolute Gasteiger partial charge is 0.408 e. The molecule has 1 nitrogen and oxygen atoms in total. The normalized spacial score (nSPS) is 17.6. The molecule has 0 aromatic rings. The van der Waals surface area contributed by atoms with Gasteiger partial charge in [0.25, 0.3) is 0 Å². The maximum atomic E-state index is 6.31. The maximum absolute atomic E-state index is 6.31. The Morgan fingerprint density at radius 3 is 1.86 bits per heavy atom. The Labute approximate surface area is 90.7 Å². The van der Waals surface area contributed by atoms with E-state index in [1.165, 1.54) is 0 Å². The quantitative estimate of drug-likeness (QED) is 0.499. The Balaban J connectivity index is 4.73. The molecule has 2 heteroatoms. The Hall–Kier alpha value is -0.0831. The van der Waals surface area contributed by atoms with Crippen LogP contribution >= 0.6 is 0 Å². The smallest absolute Gasteiger partial charge is 0.193 e. The summed E-state index contributed by atoms with van der Waals surface area (Å²) in [6.07, 6.45) is 2.93. The molecule has 14 heavy (non-hydrogen) atoms. The molecule has 1 unspecified atom stereocenters. The lowest BCUT2D eigenvalue weighted by Crippen LogP contribution is -2.47. The van der Waals surface area contributed by atoms with Gasteiger partial charge in [-0.2, -0.15) is 0 Å². The number of hydrogen-bond acceptors (Lipinski definition) is 1. The van der Waals surface area contributed by atoms with Gasteiger partial charge in [-0.3, -0.25) is 0 Å². The first-order chi connectivity index (χ1) is 6.08. The summed E-state index contributed by atoms with van der Waals surface area (Å²) in [5, 5.41) is 0.270. The fraction of sp³-hybridized carbons (Fsp3) is 0.833. The van der Waals surface area contributed by atoms with Gasteiger partial charge in [0.2, 0.25) is 0 Å². The lowest BCUT2D eigenvalue weighted by molar-refractivity contribution is 0.118. The molecule has 0 rings (SSSR count). The highest BCUT2D eigenvalue weighted by atomic mass is 28.4. The van der Waals surface area contributed by atoms with Crippen LogP contribution in [-0.2, 0) is 4.43 Å². The zero-order valence-electron chi connectivity index (χ0n) is 10.9. The van der Waals surface area contributed by atoms with Crippen molar-refractivity contribution in [1.82, 2.24) is 0 Å². The van der Waals surface area contributed by atoms with Gasteiger partial charge in [0.15, 0.2) is 8.32 Å². The van der Waals surface area contributed by atoms with Crippen LogP contribution in [0.2, 0.25) is 18.1 Å². The van der Waals surface area contributed by atoms with Crippen molar-refractivity contribution < 1.29 is 4.43 Å². The van der Waals surface area contributed by atoms with E-state index in [1.54, 1.807) is 0 Å². The van der Waals surface area contributed by atoms with E-state index in [0.29, 0.717) is 0 Å². The first kappa shape index (κ1) is 13.9. The van der Waals surface area contributed by atoms with Gasteiger partial charge in [-0.1, -0.05) is 33.8 Å². The van der Waals surface area contributed by atoms with Crippen LogP contribution in [0.15, 0.2) is 12.7 Å². The Kier molecular flexibility index (Phi) is 4.17. The van der Waals surface area contributed by atoms with Crippen molar-refractivity contribution in [3.05, 3.63) is 12.7 Å². The highest BCUT2D eigenvalue weighted by Gasteiger charge is 2.41. The van der Waals surface area contributed by atoms with Crippen molar-refractivity contribution in [1.29, 1.82) is 0 Å². The first-order valence-electron chi connectivity index (χ1n) is 5.42. The van der Waals surface area contributed by atoms with Gasteiger partial charge in [-0.25, -0.2) is 0 Å². The third-order valence-corrected chi connectivity index (χ3v) is 8.02. The fourth-order valence-electron chi connectivity index (χ4n) is 0.994. The van der Waals surface area contributed by atoms with Crippen LogP contribution in [0.25, 0.3) is 0 Å². The second-order valence-electron chi connectivity index (χ2n) is 5.73. The molecule has 1 atom stereocenters. The predicted molar refractivity (Wildman–Crippen MR) is 67.2 cm³/mol. The SMILES string of the molecule is C=CC(C)(CC)O[Si](C)(C)C(C)(C)C. The van der Waals surface area contributed by atoms with E-state index in [2.05, 4.69) is 54.3 Å². The third-order valence-electron chi connectivity index (χ3n) is 3.43. The molecule has 0 saturated heterocycles. The van der Waals surface area contributed by atoms with Crippen LogP contribution in [0.1, 0.15) is 41.0 Å². The Morgan fingerprint density at radius 2 is 1.64 bits per heavy atom. The van der Waals surface area contributed by atoms with E-state index in [-0.39, 0.29) is 10.6 Å². The van der Waals surface area contributed by atoms with Gasteiger partial charge in [0.05, 0.1) is 5.60 Å². The first-order valence-corrected chi connectivity index (χ1v) is 8.32. The van der Waals surface area contributed by atoms with Crippen LogP contribution in [0.5, 0.6) is 0 Å². The van der Waals surface area contributed by atoms with E-state index >= 15 is 0 Å². The highest BCUT2D eigenvalue weighted by Crippen LogP contribution is 2.39. The van der Waals surface area contributed by atoms with Crippen LogP contribution < -0.4 is 0 Å². The molecule has 0 spiro atoms. The summed E-state index contributed by atoms with van der Waals surface area (Å²) in [4.78, 5) is 0. The molecule has 0 aromatic carbocycles. The minimum atomic E-state index is -1.65. The molecule has 0 fully saturated rings. The maximum Gasteiger partial charge on any atom is 0.193 e. The Morgan fingerprint density at radius 1 is 1.21 bits per heavy atom. The molecule has 0 aliphatic rings. The fourth-order valence-corrected chi connectivity index (χ4v) is 2.69. The molecule has 0 bridgehead atoms. The lowest BCUT2D eigenvalue weighted by atomic mass is 10.1. The van der Waals surface area contributed by atoms with Crippen molar-refractivity contribution in [3.8, 4) is 0 Å². The minimum absolute atomic E-state index is 0.150. The van der Waals surface area contributed by atoms with Crippen molar-refractivity contribution in [2.75, 3.05) is 0 Å². The van der Waals surface area contributed by atoms with E-state index < -0.39 is 8.32 Å². The van der Waals surface area contributed by atoms with E-state index in [9.17, 15) is 0 Å². The molecular weight excluding hydrogens is 188 g/mol. The third kappa shape index (κ3) is 3.25. The molecule has 0 aliphatic heterocycles. The average Bonchev–Trinajstić information content (AvgIpc) is 2.01. The zero-order chi connectivity index (χ0) is 11.6. The molecule has 84 valence electrons. The lowest BCUT2D eigenvalue weighted by Gasteiger charge is -2.42. The van der Waals surface area contributed by atoms with Gasteiger partial charge >= 0.3 is 0 Å². The topological polar surface area (TPSA) is 9.23 Å². The van der Waals surface area contributed by atoms with Crippen molar-refractivity contribution in [2.45, 2.75) is 64.8 Å². The average molecular weight is 214 g/mol. The molecular formula is C12H26OSi. The molecule has 0 aromatic heterocycles. The molecule has 0 saturated carbocycles. The van der Waals surface area contributed by atoms with E-state index in [4.69, 9.17) is 4.43 Å². The van der Waals surface area contributed by atoms with Crippen LogP contribution in [-0.4, -0.2) is 13.9 Å². The summed E-state index contributed by atoms with van der Waals surface area (Å²) >= 11 is 0. The van der Waals surface area contributed by atoms with E-state index in [0.717, 1.165) is 6.42 Å². The number of rotatable bonds is 4. The zero-order valence-corrected chi connectivity index (χ0v) is 11.9. The standard InChI is InChI=1S/C12H26OSi/c1-9-12(6,10-2)13-14(7,8)11(3,4)5/h9H,1,10H2,2-8H3. The predicted octanol–water partition coefficient (Wildman–Crippen LogP) is 4.36. The second kappa shape index (κ2) is 4.19. The van der Waals surface area contributed by atoms with Gasteiger partial charge in [0.1, 0.15) is 0 Å². The van der Waals surface area contributed by atoms with E-state index in [1.807, 2.05) is 6.08 Å². The summed E-state index contributed by atoms with van der Waals surface area (Å²) in [5.74, 6) is 0. The van der Waals surface area contributed by atoms with Crippen LogP contribution in [0, 0.1) is 0 Å². The van der Waals surface area contributed by atoms with Crippen molar-refractivity contribution in [3.63, 3.8) is 0 Å². The van der Waals surface area contributed by atoms with Gasteiger partial charge in [0, 0.05) is 0 Å². The summed E-state index contributed by atoms with van der Waals surface area (Å²) in [5.41, 5.74) is -0.150. The molecule has 0 heterocycles. The molecule has 0 aliphatic carbocycles. The summed E-state index contributed by atoms with van der Waals surface area (Å²) in [6.45, 7) is 19.5. The van der Waals surface area contributed by atoms with Crippen molar-refractivity contribution in [2.24, 2.45) is 0 Å². The van der Waals surface area contributed by atoms with Gasteiger partial charge < -0.3 is 4.43 Å². The highest BCUT2D eigenvalue weighted by molar-refractivity contribution is 6.74. The molecule has 0 amide bonds. The second-order valence-corrected chi connectivity index (χ2v) is 10.5. The molecule has 0 N–H and O–H groups in total. The molecule has 0 radical (unpaired) electrons. The summed E-state index contributed by atoms with van der Waals surface area (Å²) in [7, 11) is -1.65. The monoisotopic (exact) mass is 214 g/mol.